The molecule has 2 bridgehead atoms. The van der Waals surface area contributed by atoms with Crippen molar-refractivity contribution in [3.63, 3.8) is 0 Å². The van der Waals surface area contributed by atoms with Crippen LogP contribution in [0.25, 0.3) is 0 Å². The molecule has 4 heteroatoms. The average molecular weight is 304 g/mol. The zero-order valence-corrected chi connectivity index (χ0v) is 13.4. The highest BCUT2D eigenvalue weighted by molar-refractivity contribution is 5.06. The molecule has 2 atom stereocenters. The second-order valence-corrected chi connectivity index (χ2v) is 7.57. The molecule has 0 aromatic carbocycles. The number of aliphatic hydroxyl groups excluding tert-OH is 1. The molecule has 5 rings (SSSR count). The number of aliphatic hydroxyl groups is 1. The maximum atomic E-state index is 9.13. The second-order valence-electron chi connectivity index (χ2n) is 7.57. The van der Waals surface area contributed by atoms with Gasteiger partial charge in [-0.05, 0) is 49.7 Å². The molecule has 122 valence electrons. The molecule has 0 spiro atoms. The molecule has 4 nitrogen and oxygen atoms in total. The monoisotopic (exact) mass is 304 g/mol. The fraction of sp³-hybridized carbons (Fsp3) is 0.778. The van der Waals surface area contributed by atoms with Gasteiger partial charge in [0.2, 0.25) is 0 Å². The van der Waals surface area contributed by atoms with Gasteiger partial charge in [-0.2, -0.15) is 0 Å². The molecule has 4 aliphatic rings. The van der Waals surface area contributed by atoms with Crippen LogP contribution >= 0.6 is 0 Å². The van der Waals surface area contributed by atoms with E-state index in [0.717, 1.165) is 30.2 Å². The van der Waals surface area contributed by atoms with Crippen molar-refractivity contribution < 1.29 is 9.52 Å². The van der Waals surface area contributed by atoms with E-state index < -0.39 is 0 Å². The first kappa shape index (κ1) is 14.7. The van der Waals surface area contributed by atoms with Crippen LogP contribution in [0.1, 0.15) is 43.6 Å². The molecule has 1 aromatic rings. The Morgan fingerprint density at radius 2 is 1.91 bits per heavy atom. The average Bonchev–Trinajstić information content (AvgIpc) is 2.75. The van der Waals surface area contributed by atoms with Gasteiger partial charge in [-0.25, -0.2) is 0 Å². The Hall–Kier alpha value is -0.840. The first-order valence-corrected chi connectivity index (χ1v) is 8.95. The summed E-state index contributed by atoms with van der Waals surface area (Å²) < 4.78 is 5.68. The minimum atomic E-state index is 0.000413. The summed E-state index contributed by atoms with van der Waals surface area (Å²) in [5, 5.41) is 9.13. The lowest BCUT2D eigenvalue weighted by atomic mass is 9.83. The molecule has 0 radical (unpaired) electrons. The van der Waals surface area contributed by atoms with Crippen LogP contribution in [-0.2, 0) is 13.2 Å². The molecule has 1 saturated carbocycles. The van der Waals surface area contributed by atoms with E-state index in [4.69, 9.17) is 9.52 Å². The molecule has 1 aliphatic carbocycles. The van der Waals surface area contributed by atoms with Crippen molar-refractivity contribution >= 4 is 0 Å². The van der Waals surface area contributed by atoms with Crippen LogP contribution in [-0.4, -0.2) is 47.1 Å². The Morgan fingerprint density at radius 3 is 2.64 bits per heavy atom. The van der Waals surface area contributed by atoms with E-state index in [1.807, 2.05) is 12.1 Å². The third kappa shape index (κ3) is 3.10. The van der Waals surface area contributed by atoms with Crippen molar-refractivity contribution in [3.05, 3.63) is 23.7 Å². The number of fused-ring (bicyclic) bond motifs is 4. The lowest BCUT2D eigenvalue weighted by molar-refractivity contribution is 0.0888. The highest BCUT2D eigenvalue weighted by Crippen LogP contribution is 2.33. The summed E-state index contributed by atoms with van der Waals surface area (Å²) in [6.45, 7) is 5.91. The molecule has 4 fully saturated rings. The Kier molecular flexibility index (Phi) is 4.25. The highest BCUT2D eigenvalue weighted by Gasteiger charge is 2.36. The van der Waals surface area contributed by atoms with Gasteiger partial charge >= 0.3 is 0 Å². The predicted octanol–water partition coefficient (Wildman–Crippen LogP) is 2.47. The minimum absolute atomic E-state index is 0.000413. The van der Waals surface area contributed by atoms with Gasteiger partial charge in [0.15, 0.2) is 0 Å². The zero-order chi connectivity index (χ0) is 14.9. The van der Waals surface area contributed by atoms with Crippen LogP contribution in [0.15, 0.2) is 16.5 Å². The molecule has 22 heavy (non-hydrogen) atoms. The largest absolute Gasteiger partial charge is 0.462 e. The van der Waals surface area contributed by atoms with Crippen molar-refractivity contribution in [2.24, 2.45) is 11.8 Å². The van der Waals surface area contributed by atoms with Gasteiger partial charge in [0.25, 0.3) is 0 Å². The zero-order valence-electron chi connectivity index (χ0n) is 13.4. The maximum Gasteiger partial charge on any atom is 0.129 e. The van der Waals surface area contributed by atoms with Crippen molar-refractivity contribution in [2.75, 3.05) is 26.2 Å². The first-order chi connectivity index (χ1) is 10.8. The lowest BCUT2D eigenvalue weighted by Crippen LogP contribution is -2.46. The standard InChI is InChI=1S/C18H28N2O2/c21-13-18-7-6-17(22-18)12-19-8-15-4-5-16(11-19)20(10-15)9-14-2-1-3-14/h6-7,14-16,21H,1-5,8-13H2/t15-,16+/m0/s1. The van der Waals surface area contributed by atoms with E-state index in [1.54, 1.807) is 0 Å². The molecule has 3 saturated heterocycles. The predicted molar refractivity (Wildman–Crippen MR) is 85.3 cm³/mol. The Bertz CT molecular complexity index is 497. The Labute approximate surface area is 133 Å². The van der Waals surface area contributed by atoms with Crippen molar-refractivity contribution in [2.45, 2.75) is 51.3 Å². The van der Waals surface area contributed by atoms with Crippen LogP contribution in [0, 0.1) is 11.8 Å². The topological polar surface area (TPSA) is 39.9 Å². The molecule has 3 aliphatic heterocycles. The molecule has 1 aromatic heterocycles. The number of piperidine rings is 1. The Morgan fingerprint density at radius 1 is 1.05 bits per heavy atom. The van der Waals surface area contributed by atoms with E-state index >= 15 is 0 Å². The SMILES string of the molecule is OCc1ccc(CN2C[C@@H]3CC[C@H](C2)N(CC2CCC2)C3)o1. The quantitative estimate of drug-likeness (QED) is 0.907. The molecule has 1 N–H and O–H groups in total. The van der Waals surface area contributed by atoms with Gasteiger partial charge in [0.05, 0.1) is 6.54 Å². The molecule has 4 heterocycles. The smallest absolute Gasteiger partial charge is 0.129 e. The molecule has 0 amide bonds. The van der Waals surface area contributed by atoms with Gasteiger partial charge in [-0.1, -0.05) is 6.42 Å². The van der Waals surface area contributed by atoms with Crippen LogP contribution in [0.4, 0.5) is 0 Å². The fourth-order valence-electron chi connectivity index (χ4n) is 4.45. The number of furan rings is 1. The van der Waals surface area contributed by atoms with Gasteiger partial charge in [0.1, 0.15) is 18.1 Å². The van der Waals surface area contributed by atoms with Crippen LogP contribution in [0.3, 0.4) is 0 Å². The summed E-state index contributed by atoms with van der Waals surface area (Å²) in [4.78, 5) is 5.36. The van der Waals surface area contributed by atoms with Crippen LogP contribution in [0.2, 0.25) is 0 Å². The molecule has 0 unspecified atom stereocenters. The van der Waals surface area contributed by atoms with Gasteiger partial charge < -0.3 is 9.52 Å². The number of hydrogen-bond donors (Lipinski definition) is 1. The fourth-order valence-corrected chi connectivity index (χ4v) is 4.45. The molecular weight excluding hydrogens is 276 g/mol. The summed E-state index contributed by atoms with van der Waals surface area (Å²) in [5.41, 5.74) is 0. The van der Waals surface area contributed by atoms with E-state index in [0.29, 0.717) is 5.76 Å². The third-order valence-electron chi connectivity index (χ3n) is 5.87. The highest BCUT2D eigenvalue weighted by atomic mass is 16.4. The number of nitrogens with zero attached hydrogens (tertiary/aromatic N) is 2. The van der Waals surface area contributed by atoms with E-state index in [1.165, 1.54) is 58.3 Å². The van der Waals surface area contributed by atoms with E-state index in [-0.39, 0.29) is 6.61 Å². The first-order valence-electron chi connectivity index (χ1n) is 8.95. The van der Waals surface area contributed by atoms with Crippen molar-refractivity contribution in [1.29, 1.82) is 0 Å². The van der Waals surface area contributed by atoms with Crippen LogP contribution < -0.4 is 0 Å². The molecular formula is C18H28N2O2. The van der Waals surface area contributed by atoms with E-state index in [9.17, 15) is 0 Å². The summed E-state index contributed by atoms with van der Waals surface area (Å²) in [5.74, 6) is 3.48. The van der Waals surface area contributed by atoms with Crippen molar-refractivity contribution in [3.8, 4) is 0 Å². The summed E-state index contributed by atoms with van der Waals surface area (Å²) in [7, 11) is 0. The van der Waals surface area contributed by atoms with E-state index in [2.05, 4.69) is 9.80 Å². The third-order valence-corrected chi connectivity index (χ3v) is 5.87. The lowest BCUT2D eigenvalue weighted by Gasteiger charge is -2.40. The van der Waals surface area contributed by atoms with Crippen LogP contribution in [0.5, 0.6) is 0 Å². The van der Waals surface area contributed by atoms with Gasteiger partial charge in [0, 0.05) is 32.2 Å². The second kappa shape index (κ2) is 6.34. The number of rotatable bonds is 5. The summed E-state index contributed by atoms with van der Waals surface area (Å²) in [6.07, 6.45) is 7.11. The van der Waals surface area contributed by atoms with Crippen molar-refractivity contribution in [1.82, 2.24) is 9.80 Å². The Balaban J connectivity index is 1.38. The normalized spacial score (nSPS) is 30.4. The number of hydrogen-bond acceptors (Lipinski definition) is 4. The maximum absolute atomic E-state index is 9.13. The summed E-state index contributed by atoms with van der Waals surface area (Å²) >= 11 is 0. The summed E-state index contributed by atoms with van der Waals surface area (Å²) in [6, 6.07) is 4.65. The minimum Gasteiger partial charge on any atom is -0.462 e. The van der Waals surface area contributed by atoms with Gasteiger partial charge in [-0.15, -0.1) is 0 Å². The van der Waals surface area contributed by atoms with Gasteiger partial charge in [-0.3, -0.25) is 9.80 Å².